The van der Waals surface area contributed by atoms with E-state index >= 15 is 0 Å². The van der Waals surface area contributed by atoms with Crippen molar-refractivity contribution in [2.24, 2.45) is 34.5 Å². The lowest BCUT2D eigenvalue weighted by Gasteiger charge is -2.60. The van der Waals surface area contributed by atoms with Crippen molar-refractivity contribution in [3.63, 3.8) is 0 Å². The Morgan fingerprint density at radius 3 is 2.72 bits per heavy atom. The van der Waals surface area contributed by atoms with Gasteiger partial charge in [-0.2, -0.15) is 0 Å². The van der Waals surface area contributed by atoms with Gasteiger partial charge in [-0.3, -0.25) is 9.59 Å². The van der Waals surface area contributed by atoms with Gasteiger partial charge in [0.2, 0.25) is 5.91 Å². The van der Waals surface area contributed by atoms with Gasteiger partial charge in [-0.15, -0.1) is 0 Å². The van der Waals surface area contributed by atoms with Crippen LogP contribution < -0.4 is 5.32 Å². The number of carbonyl (C=O) groups is 2. The smallest absolute Gasteiger partial charge is 0.282 e. The van der Waals surface area contributed by atoms with Crippen LogP contribution in [0.15, 0.2) is 36.2 Å². The van der Waals surface area contributed by atoms with Crippen molar-refractivity contribution >= 4 is 22.8 Å². The highest BCUT2D eigenvalue weighted by Gasteiger charge is 2.62. The number of halogens is 1. The van der Waals surface area contributed by atoms with E-state index in [-0.39, 0.29) is 34.7 Å². The highest BCUT2D eigenvalue weighted by atomic mass is 19.1. The van der Waals surface area contributed by atoms with E-state index in [0.29, 0.717) is 17.8 Å². The first-order valence-corrected chi connectivity index (χ1v) is 13.5. The molecule has 7 heteroatoms. The molecule has 0 bridgehead atoms. The van der Waals surface area contributed by atoms with Crippen LogP contribution in [-0.2, 0) is 9.59 Å². The van der Waals surface area contributed by atoms with Crippen molar-refractivity contribution in [3.8, 4) is 0 Å². The molecule has 2 heterocycles. The summed E-state index contributed by atoms with van der Waals surface area (Å²) in [6.07, 6.45) is 7.46. The average molecular weight is 493 g/mol. The van der Waals surface area contributed by atoms with Crippen LogP contribution in [-0.4, -0.2) is 39.8 Å². The lowest BCUT2D eigenvalue weighted by Crippen LogP contribution is -2.60. The average Bonchev–Trinajstić information content (AvgIpc) is 3.43. The molecule has 1 aliphatic heterocycles. The Morgan fingerprint density at radius 2 is 1.94 bits per heavy atom. The number of rotatable bonds is 3. The fourth-order valence-electron chi connectivity index (χ4n) is 8.82. The maximum atomic E-state index is 14.7. The molecule has 2 amide bonds. The maximum Gasteiger partial charge on any atom is 0.282 e. The zero-order valence-electron chi connectivity index (χ0n) is 21.7. The summed E-state index contributed by atoms with van der Waals surface area (Å²) in [6.45, 7) is 6.47. The molecule has 6 nitrogen and oxygen atoms in total. The van der Waals surface area contributed by atoms with E-state index in [4.69, 9.17) is 0 Å². The van der Waals surface area contributed by atoms with E-state index in [1.165, 1.54) is 0 Å². The van der Waals surface area contributed by atoms with Crippen LogP contribution in [0, 0.1) is 34.5 Å². The van der Waals surface area contributed by atoms with Crippen molar-refractivity contribution in [1.29, 1.82) is 0 Å². The first kappa shape index (κ1) is 23.7. The SMILES string of the molecule is CC(NC(=O)C1CC[C@H]2[C@@H]3CCC4N(C)C(=O)C(F)=C[C@]4(C)[C@@H]3CC[C@]12C)c1nc2ccccc2[nH]1. The van der Waals surface area contributed by atoms with Gasteiger partial charge in [0.15, 0.2) is 5.83 Å². The summed E-state index contributed by atoms with van der Waals surface area (Å²) < 4.78 is 14.7. The number of nitrogens with one attached hydrogen (secondary N) is 2. The van der Waals surface area contributed by atoms with Gasteiger partial charge < -0.3 is 15.2 Å². The summed E-state index contributed by atoms with van der Waals surface area (Å²) >= 11 is 0. The van der Waals surface area contributed by atoms with Crippen molar-refractivity contribution < 1.29 is 14.0 Å². The van der Waals surface area contributed by atoms with Crippen molar-refractivity contribution in [2.45, 2.75) is 71.4 Å². The minimum absolute atomic E-state index is 0.0244. The summed E-state index contributed by atoms with van der Waals surface area (Å²) in [4.78, 5) is 35.6. The van der Waals surface area contributed by atoms with Crippen molar-refractivity contribution in [3.05, 3.63) is 42.0 Å². The van der Waals surface area contributed by atoms with E-state index in [1.54, 1.807) is 18.0 Å². The Bertz CT molecular complexity index is 1220. The number of aromatic nitrogens is 2. The topological polar surface area (TPSA) is 78.1 Å². The predicted molar refractivity (Wildman–Crippen MR) is 136 cm³/mol. The highest BCUT2D eigenvalue weighted by Crippen LogP contribution is 2.65. The maximum absolute atomic E-state index is 14.7. The number of fused-ring (bicyclic) bond motifs is 6. The molecule has 0 saturated heterocycles. The molecule has 1 aromatic carbocycles. The number of hydrogen-bond acceptors (Lipinski definition) is 3. The molecule has 3 fully saturated rings. The van der Waals surface area contributed by atoms with Crippen LogP contribution in [0.1, 0.15) is 71.2 Å². The van der Waals surface area contributed by atoms with E-state index < -0.39 is 11.7 Å². The van der Waals surface area contributed by atoms with Crippen LogP contribution in [0.4, 0.5) is 4.39 Å². The summed E-state index contributed by atoms with van der Waals surface area (Å²) in [6, 6.07) is 7.78. The number of benzene rings is 1. The molecule has 36 heavy (non-hydrogen) atoms. The predicted octanol–water partition coefficient (Wildman–Crippen LogP) is 5.29. The number of hydrogen-bond donors (Lipinski definition) is 2. The molecule has 6 rings (SSSR count). The molecule has 0 radical (unpaired) electrons. The van der Waals surface area contributed by atoms with Crippen molar-refractivity contribution in [1.82, 2.24) is 20.2 Å². The summed E-state index contributed by atoms with van der Waals surface area (Å²) in [5.41, 5.74) is 1.49. The van der Waals surface area contributed by atoms with Gasteiger partial charge in [-0.1, -0.05) is 26.0 Å². The molecule has 3 saturated carbocycles. The minimum Gasteiger partial charge on any atom is -0.346 e. The summed E-state index contributed by atoms with van der Waals surface area (Å²) in [7, 11) is 1.75. The Hall–Kier alpha value is -2.70. The van der Waals surface area contributed by atoms with Gasteiger partial charge in [0.05, 0.1) is 17.1 Å². The van der Waals surface area contributed by atoms with E-state index in [1.807, 2.05) is 31.2 Å². The molecule has 2 N–H and O–H groups in total. The van der Waals surface area contributed by atoms with Gasteiger partial charge >= 0.3 is 0 Å². The number of nitrogens with zero attached hydrogens (tertiary/aromatic N) is 2. The second kappa shape index (κ2) is 8.15. The number of carbonyl (C=O) groups excluding carboxylic acids is 2. The fraction of sp³-hybridized carbons (Fsp3) is 0.621. The van der Waals surface area contributed by atoms with Gasteiger partial charge in [-0.05, 0) is 86.8 Å². The number of aromatic amines is 1. The molecule has 4 aliphatic rings. The second-order valence-corrected chi connectivity index (χ2v) is 12.3. The minimum atomic E-state index is -0.603. The third kappa shape index (κ3) is 3.30. The molecule has 8 atom stereocenters. The molecule has 192 valence electrons. The number of H-pyrrole nitrogens is 1. The highest BCUT2D eigenvalue weighted by molar-refractivity contribution is 5.92. The third-order valence-electron chi connectivity index (χ3n) is 10.7. The normalized spacial score (nSPS) is 38.7. The zero-order chi connectivity index (χ0) is 25.4. The number of likely N-dealkylation sites (N-methyl/N-ethyl adjacent to an activating group) is 1. The van der Waals surface area contributed by atoms with Crippen LogP contribution in [0.3, 0.4) is 0 Å². The van der Waals surface area contributed by atoms with E-state index in [0.717, 1.165) is 55.4 Å². The van der Waals surface area contributed by atoms with Crippen LogP contribution in [0.5, 0.6) is 0 Å². The molecular formula is C29H37FN4O2. The molecule has 1 aromatic heterocycles. The first-order valence-electron chi connectivity index (χ1n) is 13.5. The second-order valence-electron chi connectivity index (χ2n) is 12.3. The third-order valence-corrected chi connectivity index (χ3v) is 10.7. The van der Waals surface area contributed by atoms with Gasteiger partial charge in [-0.25, -0.2) is 9.37 Å². The molecule has 0 spiro atoms. The van der Waals surface area contributed by atoms with Crippen LogP contribution >= 0.6 is 0 Å². The van der Waals surface area contributed by atoms with Gasteiger partial charge in [0, 0.05) is 24.4 Å². The van der Waals surface area contributed by atoms with E-state index in [2.05, 4.69) is 29.1 Å². The van der Waals surface area contributed by atoms with E-state index in [9.17, 15) is 14.0 Å². The van der Waals surface area contributed by atoms with Crippen molar-refractivity contribution in [2.75, 3.05) is 7.05 Å². The lowest BCUT2D eigenvalue weighted by atomic mass is 9.47. The molecular weight excluding hydrogens is 455 g/mol. The van der Waals surface area contributed by atoms with Crippen LogP contribution in [0.25, 0.3) is 11.0 Å². The standard InChI is InChI=1S/C29H37FN4O2/c1-16(25-32-22-7-5-6-8-23(22)33-25)31-26(35)20-11-10-18-17-9-12-24-29(3,15-21(30)27(36)34(24)4)19(17)13-14-28(18,20)2/h5-8,15-20,24H,9-14H2,1-4H3,(H,31,35)(H,32,33)/t16?,17-,18-,19+,20?,24?,28-,29+/m0/s1. The molecule has 3 aliphatic carbocycles. The Morgan fingerprint density at radius 1 is 1.17 bits per heavy atom. The number of para-hydroxylation sites is 2. The number of amides is 2. The summed E-state index contributed by atoms with van der Waals surface area (Å²) in [5.74, 6) is 1.05. The fourth-order valence-corrected chi connectivity index (χ4v) is 8.82. The Balaban J connectivity index is 1.21. The van der Waals surface area contributed by atoms with Gasteiger partial charge in [0.25, 0.3) is 5.91 Å². The monoisotopic (exact) mass is 492 g/mol. The Labute approximate surface area is 212 Å². The largest absolute Gasteiger partial charge is 0.346 e. The Kier molecular flexibility index (Phi) is 5.36. The summed E-state index contributed by atoms with van der Waals surface area (Å²) in [5, 5.41) is 3.26. The van der Waals surface area contributed by atoms with Gasteiger partial charge in [0.1, 0.15) is 5.82 Å². The first-order chi connectivity index (χ1) is 17.1. The molecule has 2 aromatic rings. The number of imidazole rings is 1. The zero-order valence-corrected chi connectivity index (χ0v) is 21.7. The van der Waals surface area contributed by atoms with Crippen LogP contribution in [0.2, 0.25) is 0 Å². The quantitative estimate of drug-likeness (QED) is 0.611. The molecule has 3 unspecified atom stereocenters. The lowest BCUT2D eigenvalue weighted by molar-refractivity contribution is -0.145.